The van der Waals surface area contributed by atoms with Gasteiger partial charge in [0.2, 0.25) is 5.91 Å². The standard InChI is InChI=1S/C13H17IN2O/c1-8-2-5-10(6-11(8)14)16-13(17)7-12(15)9-3-4-9/h2,5-6,9,12H,3-4,7,15H2,1H3,(H,16,17). The van der Waals surface area contributed by atoms with Crippen LogP contribution in [-0.2, 0) is 4.79 Å². The number of hydrogen-bond donors (Lipinski definition) is 2. The van der Waals surface area contributed by atoms with Crippen LogP contribution in [0.1, 0.15) is 24.8 Å². The fraction of sp³-hybridized carbons (Fsp3) is 0.462. The van der Waals surface area contributed by atoms with Crippen LogP contribution < -0.4 is 11.1 Å². The Morgan fingerprint density at radius 1 is 1.59 bits per heavy atom. The minimum Gasteiger partial charge on any atom is -0.327 e. The van der Waals surface area contributed by atoms with Crippen LogP contribution >= 0.6 is 22.6 Å². The molecular formula is C13H17IN2O. The lowest BCUT2D eigenvalue weighted by atomic mass is 10.1. The molecule has 1 aromatic rings. The van der Waals surface area contributed by atoms with Gasteiger partial charge in [-0.05, 0) is 66.0 Å². The van der Waals surface area contributed by atoms with Crippen LogP contribution in [0.5, 0.6) is 0 Å². The van der Waals surface area contributed by atoms with E-state index in [0.29, 0.717) is 12.3 Å². The van der Waals surface area contributed by atoms with Crippen molar-refractivity contribution in [2.24, 2.45) is 11.7 Å². The van der Waals surface area contributed by atoms with Crippen molar-refractivity contribution in [1.29, 1.82) is 0 Å². The Hall–Kier alpha value is -0.620. The van der Waals surface area contributed by atoms with Crippen LogP contribution in [0.4, 0.5) is 5.69 Å². The van der Waals surface area contributed by atoms with Crippen LogP contribution in [0.3, 0.4) is 0 Å². The fourth-order valence-corrected chi connectivity index (χ4v) is 2.30. The molecule has 0 spiro atoms. The van der Waals surface area contributed by atoms with E-state index in [0.717, 1.165) is 9.26 Å². The molecule has 1 amide bonds. The predicted molar refractivity (Wildman–Crippen MR) is 77.8 cm³/mol. The molecule has 1 saturated carbocycles. The van der Waals surface area contributed by atoms with Crippen molar-refractivity contribution in [2.75, 3.05) is 5.32 Å². The average Bonchev–Trinajstić information content (AvgIpc) is 3.06. The maximum absolute atomic E-state index is 11.8. The molecule has 0 bridgehead atoms. The van der Waals surface area contributed by atoms with E-state index in [1.54, 1.807) is 0 Å². The number of rotatable bonds is 4. The molecule has 3 N–H and O–H groups in total. The first kappa shape index (κ1) is 12.8. The van der Waals surface area contributed by atoms with Gasteiger partial charge in [0, 0.05) is 21.7 Å². The van der Waals surface area contributed by atoms with Gasteiger partial charge in [0.15, 0.2) is 0 Å². The Kier molecular flexibility index (Phi) is 4.04. The van der Waals surface area contributed by atoms with Gasteiger partial charge in [0.05, 0.1) is 0 Å². The molecule has 4 heteroatoms. The normalized spacial score (nSPS) is 16.6. The van der Waals surface area contributed by atoms with Gasteiger partial charge in [0.1, 0.15) is 0 Å². The van der Waals surface area contributed by atoms with E-state index in [1.807, 2.05) is 18.2 Å². The van der Waals surface area contributed by atoms with E-state index >= 15 is 0 Å². The zero-order valence-corrected chi connectivity index (χ0v) is 12.0. The van der Waals surface area contributed by atoms with Crippen molar-refractivity contribution in [3.8, 4) is 0 Å². The highest BCUT2D eigenvalue weighted by Crippen LogP contribution is 2.32. The van der Waals surface area contributed by atoms with Crippen LogP contribution in [0, 0.1) is 16.4 Å². The Morgan fingerprint density at radius 3 is 2.88 bits per heavy atom. The number of nitrogens with one attached hydrogen (secondary N) is 1. The number of carbonyl (C=O) groups is 1. The molecule has 1 aliphatic rings. The first-order chi connectivity index (χ1) is 8.06. The van der Waals surface area contributed by atoms with E-state index < -0.39 is 0 Å². The zero-order valence-electron chi connectivity index (χ0n) is 9.87. The number of hydrogen-bond acceptors (Lipinski definition) is 2. The quantitative estimate of drug-likeness (QED) is 0.825. The third-order valence-corrected chi connectivity index (χ3v) is 4.27. The van der Waals surface area contributed by atoms with Gasteiger partial charge in [-0.2, -0.15) is 0 Å². The monoisotopic (exact) mass is 344 g/mol. The van der Waals surface area contributed by atoms with Crippen molar-refractivity contribution in [3.63, 3.8) is 0 Å². The predicted octanol–water partition coefficient (Wildman–Crippen LogP) is 2.67. The van der Waals surface area contributed by atoms with E-state index in [-0.39, 0.29) is 11.9 Å². The van der Waals surface area contributed by atoms with Crippen molar-refractivity contribution in [2.45, 2.75) is 32.2 Å². The minimum atomic E-state index is 0.0176. The lowest BCUT2D eigenvalue weighted by Crippen LogP contribution is -2.28. The van der Waals surface area contributed by atoms with Crippen molar-refractivity contribution in [3.05, 3.63) is 27.3 Å². The molecule has 0 saturated heterocycles. The first-order valence-electron chi connectivity index (χ1n) is 5.88. The molecule has 1 aliphatic carbocycles. The molecule has 0 heterocycles. The maximum atomic E-state index is 11.8. The second-order valence-electron chi connectivity index (χ2n) is 4.72. The number of aryl methyl sites for hydroxylation is 1. The number of nitrogens with two attached hydrogens (primary N) is 1. The summed E-state index contributed by atoms with van der Waals surface area (Å²) in [6.45, 7) is 2.05. The SMILES string of the molecule is Cc1ccc(NC(=O)CC(N)C2CC2)cc1I. The second kappa shape index (κ2) is 5.35. The molecule has 1 aromatic carbocycles. The Labute approximate surface area is 115 Å². The third kappa shape index (κ3) is 3.67. The maximum Gasteiger partial charge on any atom is 0.225 e. The number of halogens is 1. The van der Waals surface area contributed by atoms with Crippen LogP contribution in [0.25, 0.3) is 0 Å². The smallest absolute Gasteiger partial charge is 0.225 e. The molecular weight excluding hydrogens is 327 g/mol. The lowest BCUT2D eigenvalue weighted by molar-refractivity contribution is -0.116. The van der Waals surface area contributed by atoms with Gasteiger partial charge >= 0.3 is 0 Å². The van der Waals surface area contributed by atoms with Gasteiger partial charge in [-0.1, -0.05) is 6.07 Å². The summed E-state index contributed by atoms with van der Waals surface area (Å²) in [5.41, 5.74) is 8.00. The summed E-state index contributed by atoms with van der Waals surface area (Å²) in [6, 6.07) is 5.95. The number of carbonyl (C=O) groups excluding carboxylic acids is 1. The number of amides is 1. The van der Waals surface area contributed by atoms with Gasteiger partial charge in [-0.15, -0.1) is 0 Å². The van der Waals surface area contributed by atoms with Gasteiger partial charge in [-0.3, -0.25) is 4.79 Å². The van der Waals surface area contributed by atoms with Crippen molar-refractivity contribution >= 4 is 34.2 Å². The summed E-state index contributed by atoms with van der Waals surface area (Å²) in [7, 11) is 0. The molecule has 0 aromatic heterocycles. The molecule has 92 valence electrons. The highest BCUT2D eigenvalue weighted by molar-refractivity contribution is 14.1. The van der Waals surface area contributed by atoms with Gasteiger partial charge in [0.25, 0.3) is 0 Å². The highest BCUT2D eigenvalue weighted by atomic mass is 127. The van der Waals surface area contributed by atoms with Gasteiger partial charge in [-0.25, -0.2) is 0 Å². The molecule has 0 radical (unpaired) electrons. The lowest BCUT2D eigenvalue weighted by Gasteiger charge is -2.11. The Balaban J connectivity index is 1.90. The molecule has 1 unspecified atom stereocenters. The second-order valence-corrected chi connectivity index (χ2v) is 5.88. The van der Waals surface area contributed by atoms with E-state index in [4.69, 9.17) is 5.73 Å². The number of benzene rings is 1. The summed E-state index contributed by atoms with van der Waals surface area (Å²) in [6.07, 6.45) is 2.78. The Morgan fingerprint density at radius 2 is 2.29 bits per heavy atom. The molecule has 2 rings (SSSR count). The summed E-state index contributed by atoms with van der Waals surface area (Å²) >= 11 is 2.27. The van der Waals surface area contributed by atoms with Gasteiger partial charge < -0.3 is 11.1 Å². The average molecular weight is 344 g/mol. The largest absolute Gasteiger partial charge is 0.327 e. The highest BCUT2D eigenvalue weighted by Gasteiger charge is 2.29. The molecule has 17 heavy (non-hydrogen) atoms. The molecule has 1 atom stereocenters. The first-order valence-corrected chi connectivity index (χ1v) is 6.95. The van der Waals surface area contributed by atoms with Crippen molar-refractivity contribution in [1.82, 2.24) is 0 Å². The van der Waals surface area contributed by atoms with Crippen molar-refractivity contribution < 1.29 is 4.79 Å². The summed E-state index contributed by atoms with van der Waals surface area (Å²) < 4.78 is 1.16. The fourth-order valence-electron chi connectivity index (χ4n) is 1.79. The molecule has 3 nitrogen and oxygen atoms in total. The topological polar surface area (TPSA) is 55.1 Å². The zero-order chi connectivity index (χ0) is 12.4. The summed E-state index contributed by atoms with van der Waals surface area (Å²) in [4.78, 5) is 11.8. The van der Waals surface area contributed by atoms with E-state index in [9.17, 15) is 4.79 Å². The molecule has 1 fully saturated rings. The van der Waals surface area contributed by atoms with Crippen LogP contribution in [0.2, 0.25) is 0 Å². The summed E-state index contributed by atoms with van der Waals surface area (Å²) in [5.74, 6) is 0.586. The van der Waals surface area contributed by atoms with E-state index in [1.165, 1.54) is 18.4 Å². The van der Waals surface area contributed by atoms with Crippen LogP contribution in [0.15, 0.2) is 18.2 Å². The van der Waals surface area contributed by atoms with E-state index in [2.05, 4.69) is 34.8 Å². The minimum absolute atomic E-state index is 0.0176. The summed E-state index contributed by atoms with van der Waals surface area (Å²) in [5, 5.41) is 2.90. The van der Waals surface area contributed by atoms with Crippen LogP contribution in [-0.4, -0.2) is 11.9 Å². The number of anilines is 1. The Bertz CT molecular complexity index is 429. The third-order valence-electron chi connectivity index (χ3n) is 3.10. The molecule has 0 aliphatic heterocycles.